The van der Waals surface area contributed by atoms with E-state index in [-0.39, 0.29) is 36.0 Å². The number of hydrogen-bond acceptors (Lipinski definition) is 5. The minimum absolute atomic E-state index is 0.0178. The van der Waals surface area contributed by atoms with Crippen LogP contribution in [-0.2, 0) is 21.1 Å². The number of nitrogens with zero attached hydrogens (tertiary/aromatic N) is 2. The predicted octanol–water partition coefficient (Wildman–Crippen LogP) is 1.80. The standard InChI is InChI=1S/C18H20N2O3S2/c21-18-11-19(9-8-15-7-4-10-24-15)16-12-25(22,23)13-17(16)20(18)14-5-2-1-3-6-14/h1-7,10,16-17H,8-9,11-13H2/t16-,17+/m1/s1. The largest absolute Gasteiger partial charge is 0.306 e. The Morgan fingerprint density at radius 1 is 1.04 bits per heavy atom. The molecule has 2 saturated heterocycles. The third kappa shape index (κ3) is 3.36. The molecule has 2 aliphatic rings. The van der Waals surface area contributed by atoms with E-state index in [1.54, 1.807) is 16.2 Å². The molecule has 1 aromatic heterocycles. The Hall–Kier alpha value is -1.70. The predicted molar refractivity (Wildman–Crippen MR) is 99.8 cm³/mol. The first-order valence-corrected chi connectivity index (χ1v) is 11.1. The number of benzene rings is 1. The lowest BCUT2D eigenvalue weighted by Crippen LogP contribution is -2.62. The molecule has 1 amide bonds. The number of rotatable bonds is 4. The van der Waals surface area contributed by atoms with Crippen LogP contribution in [0.4, 0.5) is 5.69 Å². The van der Waals surface area contributed by atoms with Crippen LogP contribution in [0.5, 0.6) is 0 Å². The molecule has 0 spiro atoms. The molecular weight excluding hydrogens is 356 g/mol. The fraction of sp³-hybridized carbons (Fsp3) is 0.389. The Morgan fingerprint density at radius 2 is 1.80 bits per heavy atom. The van der Waals surface area contributed by atoms with Crippen molar-refractivity contribution >= 4 is 32.8 Å². The van der Waals surface area contributed by atoms with Crippen LogP contribution in [0.2, 0.25) is 0 Å². The number of anilines is 1. The van der Waals surface area contributed by atoms with E-state index in [1.807, 2.05) is 41.8 Å². The molecule has 3 heterocycles. The lowest BCUT2D eigenvalue weighted by atomic mass is 10.0. The number of carbonyl (C=O) groups excluding carboxylic acids is 1. The molecule has 0 radical (unpaired) electrons. The molecule has 132 valence electrons. The Bertz CT molecular complexity index is 850. The van der Waals surface area contributed by atoms with E-state index in [0.29, 0.717) is 6.54 Å². The van der Waals surface area contributed by atoms with Gasteiger partial charge in [-0.25, -0.2) is 8.42 Å². The van der Waals surface area contributed by atoms with E-state index in [2.05, 4.69) is 11.0 Å². The molecule has 4 rings (SSSR count). The van der Waals surface area contributed by atoms with Crippen LogP contribution in [0.1, 0.15) is 4.88 Å². The van der Waals surface area contributed by atoms with Gasteiger partial charge in [-0.05, 0) is 30.0 Å². The van der Waals surface area contributed by atoms with Gasteiger partial charge in [0.2, 0.25) is 5.91 Å². The monoisotopic (exact) mass is 376 g/mol. The van der Waals surface area contributed by atoms with Crippen LogP contribution in [-0.4, -0.2) is 55.9 Å². The zero-order valence-electron chi connectivity index (χ0n) is 13.7. The second kappa shape index (κ2) is 6.55. The summed E-state index contributed by atoms with van der Waals surface area (Å²) in [6.07, 6.45) is 0.847. The van der Waals surface area contributed by atoms with Gasteiger partial charge in [-0.1, -0.05) is 24.3 Å². The topological polar surface area (TPSA) is 57.7 Å². The zero-order chi connectivity index (χ0) is 17.4. The second-order valence-electron chi connectivity index (χ2n) is 6.61. The lowest BCUT2D eigenvalue weighted by molar-refractivity contribution is -0.123. The summed E-state index contributed by atoms with van der Waals surface area (Å²) in [4.78, 5) is 17.8. The summed E-state index contributed by atoms with van der Waals surface area (Å²) in [5, 5.41) is 2.04. The van der Waals surface area contributed by atoms with Gasteiger partial charge in [0, 0.05) is 23.2 Å². The molecule has 7 heteroatoms. The average Bonchev–Trinajstić information content (AvgIpc) is 3.20. The van der Waals surface area contributed by atoms with E-state index in [0.717, 1.165) is 12.1 Å². The van der Waals surface area contributed by atoms with E-state index in [4.69, 9.17) is 0 Å². The van der Waals surface area contributed by atoms with Gasteiger partial charge in [0.15, 0.2) is 9.84 Å². The minimum atomic E-state index is -3.13. The zero-order valence-corrected chi connectivity index (χ0v) is 15.4. The third-order valence-corrected chi connectivity index (χ3v) is 7.60. The maximum atomic E-state index is 12.8. The highest BCUT2D eigenvalue weighted by Gasteiger charge is 2.49. The van der Waals surface area contributed by atoms with Gasteiger partial charge < -0.3 is 4.90 Å². The van der Waals surface area contributed by atoms with Crippen molar-refractivity contribution < 1.29 is 13.2 Å². The summed E-state index contributed by atoms with van der Waals surface area (Å²) >= 11 is 1.69. The number of thiophene rings is 1. The van der Waals surface area contributed by atoms with Crippen molar-refractivity contribution in [2.45, 2.75) is 18.5 Å². The first-order valence-electron chi connectivity index (χ1n) is 8.37. The van der Waals surface area contributed by atoms with Gasteiger partial charge in [0.05, 0.1) is 24.1 Å². The summed E-state index contributed by atoms with van der Waals surface area (Å²) < 4.78 is 24.6. The molecule has 0 saturated carbocycles. The van der Waals surface area contributed by atoms with Crippen LogP contribution in [0.25, 0.3) is 0 Å². The maximum absolute atomic E-state index is 12.8. The van der Waals surface area contributed by atoms with Gasteiger partial charge in [-0.15, -0.1) is 11.3 Å². The molecule has 1 aromatic carbocycles. The summed E-state index contributed by atoms with van der Waals surface area (Å²) in [5.74, 6) is 0.169. The summed E-state index contributed by atoms with van der Waals surface area (Å²) in [6, 6.07) is 13.1. The van der Waals surface area contributed by atoms with Crippen LogP contribution >= 0.6 is 11.3 Å². The molecule has 2 fully saturated rings. The fourth-order valence-electron chi connectivity index (χ4n) is 3.84. The Balaban J connectivity index is 1.60. The molecule has 2 atom stereocenters. The van der Waals surface area contributed by atoms with Crippen LogP contribution < -0.4 is 4.90 Å². The molecule has 0 bridgehead atoms. The molecule has 25 heavy (non-hydrogen) atoms. The molecule has 0 N–H and O–H groups in total. The number of carbonyl (C=O) groups is 1. The second-order valence-corrected chi connectivity index (χ2v) is 9.80. The van der Waals surface area contributed by atoms with Gasteiger partial charge in [-0.3, -0.25) is 9.69 Å². The SMILES string of the molecule is O=C1CN(CCc2cccs2)[C@@H]2CS(=O)(=O)C[C@@H]2N1c1ccccc1. The van der Waals surface area contributed by atoms with Crippen molar-refractivity contribution in [1.82, 2.24) is 4.90 Å². The van der Waals surface area contributed by atoms with Crippen LogP contribution in [0, 0.1) is 0 Å². The van der Waals surface area contributed by atoms with Gasteiger partial charge >= 0.3 is 0 Å². The van der Waals surface area contributed by atoms with E-state index < -0.39 is 9.84 Å². The van der Waals surface area contributed by atoms with Crippen molar-refractivity contribution in [3.8, 4) is 0 Å². The highest BCUT2D eigenvalue weighted by Crippen LogP contribution is 2.31. The van der Waals surface area contributed by atoms with E-state index >= 15 is 0 Å². The number of fused-ring (bicyclic) bond motifs is 1. The summed E-state index contributed by atoms with van der Waals surface area (Å²) in [7, 11) is -3.13. The Labute approximate surface area is 151 Å². The number of hydrogen-bond donors (Lipinski definition) is 0. The number of sulfone groups is 1. The van der Waals surface area contributed by atoms with Crippen molar-refractivity contribution in [2.24, 2.45) is 0 Å². The van der Waals surface area contributed by atoms with Gasteiger partial charge in [-0.2, -0.15) is 0 Å². The molecular formula is C18H20N2O3S2. The Kier molecular flexibility index (Phi) is 4.39. The highest BCUT2D eigenvalue weighted by atomic mass is 32.2. The smallest absolute Gasteiger partial charge is 0.241 e. The van der Waals surface area contributed by atoms with Crippen LogP contribution in [0.3, 0.4) is 0 Å². The Morgan fingerprint density at radius 3 is 2.52 bits per heavy atom. The van der Waals surface area contributed by atoms with E-state index in [1.165, 1.54) is 4.88 Å². The highest BCUT2D eigenvalue weighted by molar-refractivity contribution is 7.91. The van der Waals surface area contributed by atoms with Gasteiger partial charge in [0.1, 0.15) is 0 Å². The average molecular weight is 377 g/mol. The van der Waals surface area contributed by atoms with E-state index in [9.17, 15) is 13.2 Å². The fourth-order valence-corrected chi connectivity index (χ4v) is 6.51. The number of para-hydroxylation sites is 1. The molecule has 2 aromatic rings. The normalized spacial score (nSPS) is 25.9. The summed E-state index contributed by atoms with van der Waals surface area (Å²) in [5.41, 5.74) is 0.789. The summed E-state index contributed by atoms with van der Waals surface area (Å²) in [6.45, 7) is 0.989. The quantitative estimate of drug-likeness (QED) is 0.817. The number of amides is 1. The first kappa shape index (κ1) is 16.8. The van der Waals surface area contributed by atoms with Gasteiger partial charge in [0.25, 0.3) is 0 Å². The third-order valence-electron chi connectivity index (χ3n) is 4.96. The molecule has 0 aliphatic carbocycles. The first-order chi connectivity index (χ1) is 12.0. The number of piperazine rings is 1. The maximum Gasteiger partial charge on any atom is 0.241 e. The molecule has 0 unspecified atom stereocenters. The van der Waals surface area contributed by atoms with Crippen molar-refractivity contribution in [3.05, 3.63) is 52.7 Å². The molecule has 2 aliphatic heterocycles. The molecule has 5 nitrogen and oxygen atoms in total. The minimum Gasteiger partial charge on any atom is -0.306 e. The van der Waals surface area contributed by atoms with Crippen molar-refractivity contribution in [2.75, 3.05) is 29.5 Å². The van der Waals surface area contributed by atoms with Crippen molar-refractivity contribution in [3.63, 3.8) is 0 Å². The lowest BCUT2D eigenvalue weighted by Gasteiger charge is -2.43. The van der Waals surface area contributed by atoms with Crippen LogP contribution in [0.15, 0.2) is 47.8 Å². The van der Waals surface area contributed by atoms with Crippen molar-refractivity contribution in [1.29, 1.82) is 0 Å².